The molecule has 0 saturated heterocycles. The Labute approximate surface area is 131 Å². The third-order valence-electron chi connectivity index (χ3n) is 4.12. The summed E-state index contributed by atoms with van der Waals surface area (Å²) < 4.78 is 35.4. The molecule has 0 saturated carbocycles. The molecule has 0 N–H and O–H groups in total. The van der Waals surface area contributed by atoms with E-state index in [4.69, 9.17) is 0 Å². The molecule has 0 bridgehead atoms. The molecule has 0 heterocycles. The van der Waals surface area contributed by atoms with E-state index in [1.807, 2.05) is 0 Å². The Kier molecular flexibility index (Phi) is 11.4. The van der Waals surface area contributed by atoms with Gasteiger partial charge in [0.05, 0.1) is 6.61 Å². The quantitative estimate of drug-likeness (QED) is 0.370. The minimum Gasteiger partial charge on any atom is -0.726 e. The van der Waals surface area contributed by atoms with Crippen LogP contribution in [0.2, 0.25) is 0 Å². The molecule has 0 aromatic rings. The molecule has 5 heteroatoms. The van der Waals surface area contributed by atoms with Gasteiger partial charge in [0, 0.05) is 0 Å². The van der Waals surface area contributed by atoms with Gasteiger partial charge in [0.15, 0.2) is 0 Å². The van der Waals surface area contributed by atoms with Crippen LogP contribution in [0.5, 0.6) is 0 Å². The van der Waals surface area contributed by atoms with E-state index in [-0.39, 0.29) is 6.61 Å². The van der Waals surface area contributed by atoms with E-state index in [0.29, 0.717) is 12.3 Å². The third-order valence-corrected chi connectivity index (χ3v) is 4.57. The number of hydrogen-bond acceptors (Lipinski definition) is 4. The molecule has 0 spiro atoms. The molecular weight excluding hydrogens is 288 g/mol. The molecular formula is C16H33O4S-. The number of hydrogen-bond donors (Lipinski definition) is 0. The van der Waals surface area contributed by atoms with Crippen LogP contribution in [-0.2, 0) is 14.6 Å². The largest absolute Gasteiger partial charge is 0.726 e. The van der Waals surface area contributed by atoms with Crippen LogP contribution in [0.25, 0.3) is 0 Å². The molecule has 0 aliphatic carbocycles. The summed E-state index contributed by atoms with van der Waals surface area (Å²) in [4.78, 5) is 0. The summed E-state index contributed by atoms with van der Waals surface area (Å²) in [5.41, 5.74) is 0. The highest BCUT2D eigenvalue weighted by Crippen LogP contribution is 2.22. The van der Waals surface area contributed by atoms with Crippen molar-refractivity contribution in [3.8, 4) is 0 Å². The lowest BCUT2D eigenvalue weighted by Gasteiger charge is -2.17. The topological polar surface area (TPSA) is 66.4 Å². The highest BCUT2D eigenvalue weighted by Gasteiger charge is 2.09. The van der Waals surface area contributed by atoms with Crippen molar-refractivity contribution in [2.45, 2.75) is 79.1 Å². The van der Waals surface area contributed by atoms with E-state index in [9.17, 15) is 13.0 Å². The van der Waals surface area contributed by atoms with Crippen molar-refractivity contribution in [2.75, 3.05) is 6.61 Å². The first kappa shape index (κ1) is 20.9. The zero-order valence-electron chi connectivity index (χ0n) is 14.1. The van der Waals surface area contributed by atoms with Gasteiger partial charge in [-0.3, -0.25) is 4.18 Å². The summed E-state index contributed by atoms with van der Waals surface area (Å²) in [7, 11) is -4.53. The van der Waals surface area contributed by atoms with E-state index in [2.05, 4.69) is 31.9 Å². The standard InChI is InChI=1S/C16H34O4S/c1-5-16(12-13-20-21(17,18)19)11-7-10-15(4)9-6-8-14(2)3/h14-16H,5-13H2,1-4H3,(H,17,18,19)/p-1. The van der Waals surface area contributed by atoms with Gasteiger partial charge in [0.25, 0.3) is 0 Å². The predicted molar refractivity (Wildman–Crippen MR) is 85.8 cm³/mol. The molecule has 0 radical (unpaired) electrons. The Morgan fingerprint density at radius 3 is 2.00 bits per heavy atom. The van der Waals surface area contributed by atoms with E-state index < -0.39 is 10.4 Å². The maximum absolute atomic E-state index is 10.4. The van der Waals surface area contributed by atoms with Gasteiger partial charge in [-0.05, 0) is 24.2 Å². The van der Waals surface area contributed by atoms with Crippen LogP contribution in [0.3, 0.4) is 0 Å². The molecule has 4 nitrogen and oxygen atoms in total. The zero-order chi connectivity index (χ0) is 16.3. The third kappa shape index (κ3) is 14.6. The van der Waals surface area contributed by atoms with E-state index in [1.54, 1.807) is 0 Å². The van der Waals surface area contributed by atoms with Gasteiger partial charge >= 0.3 is 0 Å². The maximum atomic E-state index is 10.4. The highest BCUT2D eigenvalue weighted by molar-refractivity contribution is 7.80. The van der Waals surface area contributed by atoms with Crippen molar-refractivity contribution in [1.29, 1.82) is 0 Å². The van der Waals surface area contributed by atoms with Gasteiger partial charge in [-0.25, -0.2) is 8.42 Å². The minimum absolute atomic E-state index is 0.0221. The smallest absolute Gasteiger partial charge is 0.217 e. The van der Waals surface area contributed by atoms with Crippen LogP contribution in [0.4, 0.5) is 0 Å². The summed E-state index contributed by atoms with van der Waals surface area (Å²) in [6.45, 7) is 8.96. The average molecular weight is 322 g/mol. The minimum atomic E-state index is -4.53. The SMILES string of the molecule is CCC(CCCC(C)CCCC(C)C)CCOS(=O)(=O)[O-]. The molecule has 128 valence electrons. The van der Waals surface area contributed by atoms with Crippen LogP contribution in [0, 0.1) is 17.8 Å². The summed E-state index contributed by atoms with van der Waals surface area (Å²) in [5, 5.41) is 0. The Morgan fingerprint density at radius 2 is 1.52 bits per heavy atom. The molecule has 0 aliphatic rings. The van der Waals surface area contributed by atoms with Gasteiger partial charge in [-0.15, -0.1) is 0 Å². The molecule has 0 fully saturated rings. The van der Waals surface area contributed by atoms with Crippen molar-refractivity contribution < 1.29 is 17.2 Å². The molecule has 0 rings (SSSR count). The second-order valence-corrected chi connectivity index (χ2v) is 7.71. The highest BCUT2D eigenvalue weighted by atomic mass is 32.3. The summed E-state index contributed by atoms with van der Waals surface area (Å²) >= 11 is 0. The summed E-state index contributed by atoms with van der Waals surface area (Å²) in [5.74, 6) is 2.01. The molecule has 0 aliphatic heterocycles. The normalized spacial score (nSPS) is 15.3. The monoisotopic (exact) mass is 321 g/mol. The molecule has 0 amide bonds. The first-order valence-electron chi connectivity index (χ1n) is 8.34. The average Bonchev–Trinajstić information content (AvgIpc) is 2.35. The second kappa shape index (κ2) is 11.4. The lowest BCUT2D eigenvalue weighted by molar-refractivity contribution is 0.232. The molecule has 2 unspecified atom stereocenters. The van der Waals surface area contributed by atoms with E-state index in [1.165, 1.54) is 32.1 Å². The van der Waals surface area contributed by atoms with E-state index in [0.717, 1.165) is 24.7 Å². The fourth-order valence-electron chi connectivity index (χ4n) is 2.64. The second-order valence-electron chi connectivity index (χ2n) is 6.65. The summed E-state index contributed by atoms with van der Waals surface area (Å²) in [6, 6.07) is 0. The van der Waals surface area contributed by atoms with Crippen LogP contribution in [-0.4, -0.2) is 19.6 Å². The van der Waals surface area contributed by atoms with Crippen LogP contribution < -0.4 is 0 Å². The van der Waals surface area contributed by atoms with Crippen LogP contribution in [0.15, 0.2) is 0 Å². The lowest BCUT2D eigenvalue weighted by atomic mass is 9.91. The fourth-order valence-corrected chi connectivity index (χ4v) is 2.94. The van der Waals surface area contributed by atoms with Crippen molar-refractivity contribution in [3.63, 3.8) is 0 Å². The first-order valence-corrected chi connectivity index (χ1v) is 9.68. The van der Waals surface area contributed by atoms with Crippen LogP contribution >= 0.6 is 0 Å². The van der Waals surface area contributed by atoms with Crippen molar-refractivity contribution >= 4 is 10.4 Å². The Bertz CT molecular complexity index is 338. The maximum Gasteiger partial charge on any atom is 0.217 e. The van der Waals surface area contributed by atoms with Crippen molar-refractivity contribution in [3.05, 3.63) is 0 Å². The Morgan fingerprint density at radius 1 is 0.952 bits per heavy atom. The lowest BCUT2D eigenvalue weighted by Crippen LogP contribution is -2.10. The van der Waals surface area contributed by atoms with Gasteiger partial charge in [-0.1, -0.05) is 72.6 Å². The van der Waals surface area contributed by atoms with Crippen molar-refractivity contribution in [1.82, 2.24) is 0 Å². The fraction of sp³-hybridized carbons (Fsp3) is 1.00. The number of rotatable bonds is 13. The van der Waals surface area contributed by atoms with Gasteiger partial charge < -0.3 is 4.55 Å². The molecule has 0 aromatic heterocycles. The molecule has 2 atom stereocenters. The molecule has 21 heavy (non-hydrogen) atoms. The summed E-state index contributed by atoms with van der Waals surface area (Å²) in [6.07, 6.45) is 9.07. The van der Waals surface area contributed by atoms with Crippen molar-refractivity contribution in [2.24, 2.45) is 17.8 Å². The zero-order valence-corrected chi connectivity index (χ0v) is 15.0. The van der Waals surface area contributed by atoms with E-state index >= 15 is 0 Å². The Hall–Kier alpha value is -0.130. The Balaban J connectivity index is 3.70. The van der Waals surface area contributed by atoms with Gasteiger partial charge in [0.2, 0.25) is 10.4 Å². The van der Waals surface area contributed by atoms with Gasteiger partial charge in [-0.2, -0.15) is 0 Å². The van der Waals surface area contributed by atoms with Gasteiger partial charge in [0.1, 0.15) is 0 Å². The molecule has 0 aromatic carbocycles. The van der Waals surface area contributed by atoms with Crippen LogP contribution in [0.1, 0.15) is 79.1 Å². The first-order chi connectivity index (χ1) is 9.74. The predicted octanol–water partition coefficient (Wildman–Crippen LogP) is 4.51.